The molecule has 0 saturated carbocycles. The molecular formula is C22H34N4O3. The van der Waals surface area contributed by atoms with Crippen LogP contribution < -0.4 is 10.1 Å². The van der Waals surface area contributed by atoms with Gasteiger partial charge in [0.2, 0.25) is 5.91 Å². The average molecular weight is 403 g/mol. The van der Waals surface area contributed by atoms with Crippen LogP contribution in [0.15, 0.2) is 23.2 Å². The number of carbonyl (C=O) groups excluding carboxylic acids is 1. The number of rotatable bonds is 7. The number of nitrogens with zero attached hydrogens (tertiary/aromatic N) is 3. The highest BCUT2D eigenvalue weighted by molar-refractivity contribution is 5.85. The second-order valence-electron chi connectivity index (χ2n) is 7.99. The molecule has 1 N–H and O–H groups in total. The molecule has 1 unspecified atom stereocenters. The van der Waals surface area contributed by atoms with Crippen LogP contribution in [0.1, 0.15) is 30.9 Å². The summed E-state index contributed by atoms with van der Waals surface area (Å²) in [6.07, 6.45) is 3.02. The third-order valence-corrected chi connectivity index (χ3v) is 5.40. The van der Waals surface area contributed by atoms with Gasteiger partial charge in [-0.2, -0.15) is 0 Å². The van der Waals surface area contributed by atoms with Gasteiger partial charge in [0.05, 0.1) is 13.2 Å². The molecule has 3 rings (SSSR count). The van der Waals surface area contributed by atoms with Gasteiger partial charge in [0, 0.05) is 46.3 Å². The maximum Gasteiger partial charge on any atom is 0.243 e. The van der Waals surface area contributed by atoms with E-state index in [1.807, 2.05) is 6.07 Å². The van der Waals surface area contributed by atoms with Crippen LogP contribution in [-0.4, -0.2) is 75.2 Å². The summed E-state index contributed by atoms with van der Waals surface area (Å²) in [5.41, 5.74) is 2.63. The summed E-state index contributed by atoms with van der Waals surface area (Å²) in [6.45, 7) is 7.11. The van der Waals surface area contributed by atoms with Crippen molar-refractivity contribution >= 4 is 11.9 Å². The second-order valence-corrected chi connectivity index (χ2v) is 7.99. The summed E-state index contributed by atoms with van der Waals surface area (Å²) in [6, 6.07) is 6.37. The van der Waals surface area contributed by atoms with Crippen molar-refractivity contribution in [1.82, 2.24) is 15.1 Å². The smallest absolute Gasteiger partial charge is 0.243 e. The van der Waals surface area contributed by atoms with Gasteiger partial charge in [-0.05, 0) is 42.5 Å². The highest BCUT2D eigenvalue weighted by atomic mass is 16.5. The first-order valence-corrected chi connectivity index (χ1v) is 10.6. The van der Waals surface area contributed by atoms with E-state index < -0.39 is 0 Å². The van der Waals surface area contributed by atoms with Crippen LogP contribution in [0.4, 0.5) is 0 Å². The van der Waals surface area contributed by atoms with E-state index in [-0.39, 0.29) is 12.5 Å². The van der Waals surface area contributed by atoms with Crippen LogP contribution in [0.2, 0.25) is 0 Å². The molecule has 1 amide bonds. The fourth-order valence-corrected chi connectivity index (χ4v) is 3.55. The third kappa shape index (κ3) is 6.10. The molecule has 1 aromatic rings. The molecule has 0 spiro atoms. The van der Waals surface area contributed by atoms with Gasteiger partial charge in [0.1, 0.15) is 12.3 Å². The summed E-state index contributed by atoms with van der Waals surface area (Å²) in [5.74, 6) is 2.26. The zero-order valence-corrected chi connectivity index (χ0v) is 17.9. The van der Waals surface area contributed by atoms with Gasteiger partial charge < -0.3 is 24.6 Å². The highest BCUT2D eigenvalue weighted by Gasteiger charge is 2.22. The first kappa shape index (κ1) is 21.4. The number of amides is 1. The van der Waals surface area contributed by atoms with E-state index in [1.54, 1.807) is 19.0 Å². The molecule has 7 nitrogen and oxygen atoms in total. The molecule has 0 aromatic heterocycles. The van der Waals surface area contributed by atoms with Crippen molar-refractivity contribution in [2.75, 3.05) is 53.6 Å². The lowest BCUT2D eigenvalue weighted by Crippen LogP contribution is -2.46. The predicted molar refractivity (Wildman–Crippen MR) is 114 cm³/mol. The van der Waals surface area contributed by atoms with Gasteiger partial charge in [-0.3, -0.25) is 4.79 Å². The number of nitrogens with one attached hydrogen (secondary N) is 1. The van der Waals surface area contributed by atoms with Crippen molar-refractivity contribution < 1.29 is 14.3 Å². The zero-order chi connectivity index (χ0) is 20.6. The maximum absolute atomic E-state index is 12.1. The minimum atomic E-state index is 0.00336. The summed E-state index contributed by atoms with van der Waals surface area (Å²) >= 11 is 0. The Morgan fingerprint density at radius 2 is 2.24 bits per heavy atom. The third-order valence-electron chi connectivity index (χ3n) is 5.40. The van der Waals surface area contributed by atoms with Crippen molar-refractivity contribution in [1.29, 1.82) is 0 Å². The normalized spacial score (nSPS) is 19.1. The average Bonchev–Trinajstić information content (AvgIpc) is 3.25. The molecule has 160 valence electrons. The van der Waals surface area contributed by atoms with Crippen molar-refractivity contribution in [3.63, 3.8) is 0 Å². The van der Waals surface area contributed by atoms with Crippen LogP contribution >= 0.6 is 0 Å². The Morgan fingerprint density at radius 1 is 1.38 bits per heavy atom. The first-order valence-electron chi connectivity index (χ1n) is 10.6. The fraction of sp³-hybridized carbons (Fsp3) is 0.636. The molecule has 0 bridgehead atoms. The summed E-state index contributed by atoms with van der Waals surface area (Å²) < 4.78 is 11.3. The van der Waals surface area contributed by atoms with E-state index in [0.717, 1.165) is 70.4 Å². The van der Waals surface area contributed by atoms with Gasteiger partial charge in [0.25, 0.3) is 0 Å². The first-order chi connectivity index (χ1) is 14.1. The number of benzene rings is 1. The summed E-state index contributed by atoms with van der Waals surface area (Å²) in [5, 5.41) is 3.50. The Balaban J connectivity index is 1.68. The van der Waals surface area contributed by atoms with Gasteiger partial charge in [0.15, 0.2) is 5.96 Å². The van der Waals surface area contributed by atoms with Crippen molar-refractivity contribution in [3.05, 3.63) is 29.3 Å². The predicted octanol–water partition coefficient (Wildman–Crippen LogP) is 1.90. The fourth-order valence-electron chi connectivity index (χ4n) is 3.55. The largest absolute Gasteiger partial charge is 0.494 e. The van der Waals surface area contributed by atoms with Crippen molar-refractivity contribution in [2.24, 2.45) is 10.9 Å². The summed E-state index contributed by atoms with van der Waals surface area (Å²) in [7, 11) is 3.52. The van der Waals surface area contributed by atoms with E-state index >= 15 is 0 Å². The Bertz CT molecular complexity index is 714. The lowest BCUT2D eigenvalue weighted by molar-refractivity contribution is -0.127. The van der Waals surface area contributed by atoms with E-state index in [9.17, 15) is 4.79 Å². The Hall–Kier alpha value is -2.28. The standard InChI is InChI=1S/C22H34N4O3/c1-4-10-29-20-6-5-19-15-26(9-7-18(19)12-20)22(24-14-21(27)25(2)3)23-13-17-8-11-28-16-17/h5-6,12,17H,4,7-11,13-16H2,1-3H3,(H,23,24). The monoisotopic (exact) mass is 402 g/mol. The Labute approximate surface area is 174 Å². The SMILES string of the molecule is CCCOc1ccc2c(c1)CCN(C(=NCC(=O)N(C)C)NCC1CCOC1)C2. The minimum absolute atomic E-state index is 0.00336. The van der Waals surface area contributed by atoms with Crippen molar-refractivity contribution in [2.45, 2.75) is 32.7 Å². The summed E-state index contributed by atoms with van der Waals surface area (Å²) in [4.78, 5) is 20.5. The lowest BCUT2D eigenvalue weighted by Gasteiger charge is -2.32. The van der Waals surface area contributed by atoms with Gasteiger partial charge in [-0.1, -0.05) is 13.0 Å². The van der Waals surface area contributed by atoms with Crippen LogP contribution in [0.5, 0.6) is 5.75 Å². The van der Waals surface area contributed by atoms with E-state index in [0.29, 0.717) is 5.92 Å². The Morgan fingerprint density at radius 3 is 2.97 bits per heavy atom. The quantitative estimate of drug-likeness (QED) is 0.557. The van der Waals surface area contributed by atoms with Gasteiger partial charge >= 0.3 is 0 Å². The molecule has 0 radical (unpaired) electrons. The highest BCUT2D eigenvalue weighted by Crippen LogP contribution is 2.24. The molecule has 0 aliphatic carbocycles. The molecule has 29 heavy (non-hydrogen) atoms. The topological polar surface area (TPSA) is 66.4 Å². The number of hydrogen-bond donors (Lipinski definition) is 1. The van der Waals surface area contributed by atoms with E-state index in [4.69, 9.17) is 9.47 Å². The molecular weight excluding hydrogens is 368 g/mol. The molecule has 2 heterocycles. The number of fused-ring (bicyclic) bond motifs is 1. The second kappa shape index (κ2) is 10.5. The molecule has 2 aliphatic rings. The van der Waals surface area contributed by atoms with Gasteiger partial charge in [-0.15, -0.1) is 0 Å². The molecule has 1 aromatic carbocycles. The minimum Gasteiger partial charge on any atom is -0.494 e. The number of aliphatic imine (C=N–C) groups is 1. The van der Waals surface area contributed by atoms with Crippen LogP contribution in [0.25, 0.3) is 0 Å². The van der Waals surface area contributed by atoms with Crippen molar-refractivity contribution in [3.8, 4) is 5.75 Å². The number of hydrogen-bond acceptors (Lipinski definition) is 4. The maximum atomic E-state index is 12.1. The molecule has 2 aliphatic heterocycles. The van der Waals surface area contributed by atoms with Gasteiger partial charge in [-0.25, -0.2) is 4.99 Å². The van der Waals surface area contributed by atoms with E-state index in [1.165, 1.54) is 11.1 Å². The van der Waals surface area contributed by atoms with Crippen LogP contribution in [0.3, 0.4) is 0 Å². The van der Waals surface area contributed by atoms with E-state index in [2.05, 4.69) is 34.3 Å². The molecule has 7 heteroatoms. The number of carbonyl (C=O) groups is 1. The lowest BCUT2D eigenvalue weighted by atomic mass is 9.99. The zero-order valence-electron chi connectivity index (χ0n) is 17.9. The van der Waals surface area contributed by atoms with Crippen LogP contribution in [-0.2, 0) is 22.5 Å². The number of likely N-dealkylation sites (N-methyl/N-ethyl adjacent to an activating group) is 1. The molecule has 1 saturated heterocycles. The number of guanidine groups is 1. The molecule has 1 atom stereocenters. The molecule has 1 fully saturated rings. The van der Waals surface area contributed by atoms with Crippen LogP contribution in [0, 0.1) is 5.92 Å². The Kier molecular flexibility index (Phi) is 7.75. The number of ether oxygens (including phenoxy) is 2.